The molecule has 2 bridgehead atoms. The van der Waals surface area contributed by atoms with Gasteiger partial charge in [0, 0.05) is 54.8 Å². The van der Waals surface area contributed by atoms with Crippen LogP contribution in [0.5, 0.6) is 0 Å². The van der Waals surface area contributed by atoms with Crippen molar-refractivity contribution in [2.45, 2.75) is 0 Å². The second-order valence-corrected chi connectivity index (χ2v) is 14.7. The molecule has 5 aromatic heterocycles. The van der Waals surface area contributed by atoms with E-state index in [1.165, 1.54) is 65.4 Å². The summed E-state index contributed by atoms with van der Waals surface area (Å²) >= 11 is 0. The molecule has 0 aliphatic carbocycles. The van der Waals surface area contributed by atoms with Gasteiger partial charge >= 0.3 is 0 Å². The molecule has 260 valence electrons. The third-order valence-electron chi connectivity index (χ3n) is 11.8. The number of fused-ring (bicyclic) bond motifs is 8. The van der Waals surface area contributed by atoms with E-state index < -0.39 is 0 Å². The van der Waals surface area contributed by atoms with Crippen molar-refractivity contribution in [2.24, 2.45) is 0 Å². The first-order chi connectivity index (χ1) is 27.8. The van der Waals surface area contributed by atoms with Crippen LogP contribution in [0.4, 0.5) is 0 Å². The number of rotatable bonds is 4. The zero-order chi connectivity index (χ0) is 36.5. The Kier molecular flexibility index (Phi) is 5.80. The van der Waals surface area contributed by atoms with E-state index in [0.29, 0.717) is 0 Å². The van der Waals surface area contributed by atoms with Gasteiger partial charge in [0.1, 0.15) is 0 Å². The molecule has 0 spiro atoms. The van der Waals surface area contributed by atoms with Gasteiger partial charge in [0.25, 0.3) is 0 Å². The number of para-hydroxylation sites is 2. The van der Waals surface area contributed by atoms with Crippen LogP contribution in [-0.4, -0.2) is 28.1 Å². The fourth-order valence-corrected chi connectivity index (χ4v) is 9.50. The van der Waals surface area contributed by atoms with Crippen LogP contribution in [0.3, 0.4) is 0 Å². The van der Waals surface area contributed by atoms with Crippen LogP contribution in [0.2, 0.25) is 0 Å². The Balaban J connectivity index is 1.14. The second-order valence-electron chi connectivity index (χ2n) is 14.7. The summed E-state index contributed by atoms with van der Waals surface area (Å²) in [6.45, 7) is 0. The predicted molar refractivity (Wildman–Crippen MR) is 230 cm³/mol. The van der Waals surface area contributed by atoms with Crippen molar-refractivity contribution < 1.29 is 0 Å². The van der Waals surface area contributed by atoms with Crippen molar-refractivity contribution in [3.8, 4) is 34.2 Å². The van der Waals surface area contributed by atoms with Crippen molar-refractivity contribution in [1.82, 2.24) is 28.1 Å². The first kappa shape index (κ1) is 29.7. The van der Waals surface area contributed by atoms with E-state index >= 15 is 0 Å². The number of hydrogen-bond acceptors (Lipinski definition) is 2. The molecule has 0 amide bonds. The van der Waals surface area contributed by atoms with Crippen molar-refractivity contribution >= 4 is 76.5 Å². The Morgan fingerprint density at radius 2 is 0.696 bits per heavy atom. The van der Waals surface area contributed by atoms with Crippen LogP contribution in [0.1, 0.15) is 0 Å². The standard InChI is InChI=1S/C50H30N6/c1-3-13-31(14-4-1)49-51-52-50(32-15-5-2-6-16-32)54(49)34-27-25-33(26-28-34)53-41-21-11-23-43-47(41)48-42(53)22-12-24-44(48)56-40-20-10-8-18-36(40)38-29-37-35-17-7-9-19-39(35)55(43)45(37)30-46(38)56/h1-30H. The largest absolute Gasteiger partial charge is 0.309 e. The van der Waals surface area contributed by atoms with Gasteiger partial charge in [-0.05, 0) is 72.8 Å². The number of aromatic nitrogens is 6. The van der Waals surface area contributed by atoms with E-state index in [2.05, 4.69) is 164 Å². The molecule has 0 radical (unpaired) electrons. The lowest BCUT2D eigenvalue weighted by molar-refractivity contribution is 1.07. The van der Waals surface area contributed by atoms with Gasteiger partial charge in [-0.25, -0.2) is 0 Å². The Morgan fingerprint density at radius 3 is 1.20 bits per heavy atom. The lowest BCUT2D eigenvalue weighted by atomic mass is 10.1. The normalized spacial score (nSPS) is 12.3. The minimum absolute atomic E-state index is 0.802. The summed E-state index contributed by atoms with van der Waals surface area (Å²) in [5, 5.41) is 17.0. The smallest absolute Gasteiger partial charge is 0.168 e. The van der Waals surface area contributed by atoms with Crippen molar-refractivity contribution in [1.29, 1.82) is 0 Å². The number of benzene rings is 8. The Morgan fingerprint density at radius 1 is 0.286 bits per heavy atom. The average molecular weight is 715 g/mol. The molecule has 6 heteroatoms. The number of hydrogen-bond donors (Lipinski definition) is 0. The zero-order valence-corrected chi connectivity index (χ0v) is 30.0. The molecule has 0 aliphatic rings. The molecule has 8 aromatic carbocycles. The molecule has 0 saturated heterocycles. The lowest BCUT2D eigenvalue weighted by Crippen LogP contribution is -2.01. The molecule has 13 aromatic rings. The SMILES string of the molecule is c1ccc(-c2nnc(-c3ccccc3)n2-c2ccc(-n3c4cccc5c4c4c3cccc4n3c4ccccc4c4cc6c7ccccc7n5c6cc43)cc2)cc1. The summed E-state index contributed by atoms with van der Waals surface area (Å²) in [4.78, 5) is 0. The molecule has 56 heavy (non-hydrogen) atoms. The molecule has 5 heterocycles. The van der Waals surface area contributed by atoms with Crippen molar-refractivity contribution in [3.63, 3.8) is 0 Å². The van der Waals surface area contributed by atoms with Crippen molar-refractivity contribution in [3.05, 3.63) is 182 Å². The van der Waals surface area contributed by atoms with E-state index in [0.717, 1.165) is 45.2 Å². The summed E-state index contributed by atoms with van der Waals surface area (Å²) in [7, 11) is 0. The quantitative estimate of drug-likeness (QED) is 0.182. The maximum atomic E-state index is 4.72. The van der Waals surface area contributed by atoms with Gasteiger partial charge < -0.3 is 13.4 Å². The Bertz CT molecular complexity index is 3460. The molecule has 0 atom stereocenters. The monoisotopic (exact) mass is 714 g/mol. The van der Waals surface area contributed by atoms with Crippen LogP contribution < -0.4 is 0 Å². The van der Waals surface area contributed by atoms with E-state index in [1.807, 2.05) is 36.4 Å². The van der Waals surface area contributed by atoms with E-state index in [4.69, 9.17) is 10.2 Å². The maximum absolute atomic E-state index is 4.72. The van der Waals surface area contributed by atoms with Crippen molar-refractivity contribution in [2.75, 3.05) is 0 Å². The van der Waals surface area contributed by atoms with E-state index in [9.17, 15) is 0 Å². The highest BCUT2D eigenvalue weighted by Crippen LogP contribution is 2.43. The van der Waals surface area contributed by atoms with Crippen LogP contribution in [0.15, 0.2) is 182 Å². The first-order valence-electron chi connectivity index (χ1n) is 19.0. The van der Waals surface area contributed by atoms with E-state index in [1.54, 1.807) is 0 Å². The number of nitrogens with zero attached hydrogens (tertiary/aromatic N) is 6. The molecule has 6 nitrogen and oxygen atoms in total. The molecule has 0 unspecified atom stereocenters. The summed E-state index contributed by atoms with van der Waals surface area (Å²) in [6.07, 6.45) is 0. The minimum atomic E-state index is 0.802. The highest BCUT2D eigenvalue weighted by atomic mass is 15.3. The third kappa shape index (κ3) is 3.84. The third-order valence-corrected chi connectivity index (χ3v) is 11.8. The van der Waals surface area contributed by atoms with Gasteiger partial charge in [-0.1, -0.05) is 109 Å². The second kappa shape index (κ2) is 10.9. The molecule has 13 rings (SSSR count). The topological polar surface area (TPSA) is 44.5 Å². The van der Waals surface area contributed by atoms with Gasteiger partial charge in [-0.15, -0.1) is 10.2 Å². The molecule has 0 N–H and O–H groups in total. The molecule has 0 saturated carbocycles. The summed E-state index contributed by atoms with van der Waals surface area (Å²) < 4.78 is 9.59. The maximum Gasteiger partial charge on any atom is 0.168 e. The molecular formula is C50H30N6. The molecule has 0 aliphatic heterocycles. The van der Waals surface area contributed by atoms with Gasteiger partial charge in [-0.2, -0.15) is 0 Å². The van der Waals surface area contributed by atoms with Crippen LogP contribution in [0, 0.1) is 0 Å². The van der Waals surface area contributed by atoms with Crippen LogP contribution in [0.25, 0.3) is 111 Å². The average Bonchev–Trinajstić information content (AvgIpc) is 4.02. The Labute approximate surface area is 319 Å². The highest BCUT2D eigenvalue weighted by molar-refractivity contribution is 6.26. The van der Waals surface area contributed by atoms with Gasteiger partial charge in [0.05, 0.1) is 44.1 Å². The van der Waals surface area contributed by atoms with Gasteiger partial charge in [0.2, 0.25) is 0 Å². The zero-order valence-electron chi connectivity index (χ0n) is 30.0. The lowest BCUT2D eigenvalue weighted by Gasteiger charge is -2.13. The van der Waals surface area contributed by atoms with Crippen LogP contribution >= 0.6 is 0 Å². The Hall–Kier alpha value is -7.70. The summed E-state index contributed by atoms with van der Waals surface area (Å²) in [5.74, 6) is 1.60. The first-order valence-corrected chi connectivity index (χ1v) is 19.0. The van der Waals surface area contributed by atoms with Gasteiger partial charge in [-0.3, -0.25) is 4.57 Å². The van der Waals surface area contributed by atoms with Gasteiger partial charge in [0.15, 0.2) is 11.6 Å². The molecule has 0 fully saturated rings. The molecular weight excluding hydrogens is 685 g/mol. The fraction of sp³-hybridized carbons (Fsp3) is 0. The van der Waals surface area contributed by atoms with Crippen LogP contribution in [-0.2, 0) is 0 Å². The summed E-state index contributed by atoms with van der Waals surface area (Å²) in [5.41, 5.74) is 13.6. The predicted octanol–water partition coefficient (Wildman–Crippen LogP) is 12.3. The van der Waals surface area contributed by atoms with E-state index in [-0.39, 0.29) is 0 Å². The summed E-state index contributed by atoms with van der Waals surface area (Å²) in [6, 6.07) is 65.5. The highest BCUT2D eigenvalue weighted by Gasteiger charge is 2.23. The minimum Gasteiger partial charge on any atom is -0.309 e. The fourth-order valence-electron chi connectivity index (χ4n) is 9.50.